The summed E-state index contributed by atoms with van der Waals surface area (Å²) in [5.74, 6) is -1.28. The van der Waals surface area contributed by atoms with E-state index in [4.69, 9.17) is 0 Å². The van der Waals surface area contributed by atoms with Gasteiger partial charge in [-0.2, -0.15) is 9.78 Å². The van der Waals surface area contributed by atoms with Gasteiger partial charge < -0.3 is 0 Å². The summed E-state index contributed by atoms with van der Waals surface area (Å²) in [5, 5.41) is 0. The topological polar surface area (TPSA) is 77.7 Å². The smallest absolute Gasteiger partial charge is 0.247 e. The summed E-state index contributed by atoms with van der Waals surface area (Å²) >= 11 is 0. The molecule has 0 atom stereocenters. The fourth-order valence-corrected chi connectivity index (χ4v) is 2.06. The second-order valence-electron chi connectivity index (χ2n) is 7.61. The van der Waals surface area contributed by atoms with Crippen LogP contribution in [-0.4, -0.2) is 18.2 Å². The van der Waals surface area contributed by atoms with E-state index in [-0.39, 0.29) is 5.41 Å². The van der Waals surface area contributed by atoms with Crippen molar-refractivity contribution in [2.75, 3.05) is 0 Å². The maximum Gasteiger partial charge on any atom is 0.366 e. The molecule has 0 aromatic rings. The monoisotopic (exact) mass is 288 g/mol. The zero-order chi connectivity index (χ0) is 15.8. The first kappa shape index (κ1) is 16.9. The van der Waals surface area contributed by atoms with Crippen molar-refractivity contribution in [3.05, 3.63) is 0 Å². The Balaban J connectivity index is 2.52. The minimum atomic E-state index is -1.02. The number of hydrogen-bond acceptors (Lipinski definition) is 6. The lowest BCUT2D eigenvalue weighted by Crippen LogP contribution is -2.36. The highest BCUT2D eigenvalue weighted by atomic mass is 17.4. The summed E-state index contributed by atoms with van der Waals surface area (Å²) in [5.41, 5.74) is -1.80. The van der Waals surface area contributed by atoms with Crippen molar-refractivity contribution in [2.24, 2.45) is 16.2 Å². The second-order valence-corrected chi connectivity index (χ2v) is 7.61. The van der Waals surface area contributed by atoms with Crippen LogP contribution >= 0.6 is 0 Å². The maximum atomic E-state index is 12.0. The summed E-state index contributed by atoms with van der Waals surface area (Å²) < 4.78 is 0. The molecule has 0 N–H and O–H groups in total. The maximum absolute atomic E-state index is 12.0. The molecule has 0 amide bonds. The number of hydrogen-bond donors (Lipinski definition) is 0. The third kappa shape index (κ3) is 4.45. The molecule has 0 radical (unpaired) electrons. The van der Waals surface area contributed by atoms with Gasteiger partial charge in [0.05, 0.1) is 5.41 Å². The first-order valence-corrected chi connectivity index (χ1v) is 6.62. The molecule has 0 aliphatic carbocycles. The third-order valence-electron chi connectivity index (χ3n) is 3.03. The Morgan fingerprint density at radius 2 is 1.35 bits per heavy atom. The second kappa shape index (κ2) is 5.33. The Morgan fingerprint density at radius 3 is 1.75 bits per heavy atom. The van der Waals surface area contributed by atoms with Crippen LogP contribution in [0.1, 0.15) is 54.9 Å². The van der Waals surface area contributed by atoms with Crippen LogP contribution in [0.2, 0.25) is 0 Å². The molecule has 0 unspecified atom stereocenters. The minimum Gasteiger partial charge on any atom is -0.247 e. The van der Waals surface area contributed by atoms with E-state index in [0.29, 0.717) is 6.42 Å². The van der Waals surface area contributed by atoms with Gasteiger partial charge in [0, 0.05) is 0 Å². The van der Waals surface area contributed by atoms with Crippen molar-refractivity contribution < 1.29 is 29.1 Å². The molecule has 1 rings (SSSR count). The van der Waals surface area contributed by atoms with Gasteiger partial charge in [0.25, 0.3) is 0 Å². The first-order chi connectivity index (χ1) is 8.86. The molecule has 6 heteroatoms. The fourth-order valence-electron chi connectivity index (χ4n) is 2.06. The Bertz CT molecular complexity index is 387. The van der Waals surface area contributed by atoms with E-state index in [1.165, 1.54) is 0 Å². The Kier molecular flexibility index (Phi) is 4.51. The van der Waals surface area contributed by atoms with E-state index >= 15 is 0 Å². The number of carbonyl (C=O) groups is 2. The van der Waals surface area contributed by atoms with Gasteiger partial charge in [-0.25, -0.2) is 19.4 Å². The summed E-state index contributed by atoms with van der Waals surface area (Å²) in [7, 11) is 0. The Hall–Kier alpha value is -1.14. The van der Waals surface area contributed by atoms with Gasteiger partial charge in [-0.3, -0.25) is 0 Å². The average Bonchev–Trinajstić information content (AvgIpc) is 3.05. The van der Waals surface area contributed by atoms with Gasteiger partial charge in [-0.1, -0.05) is 20.8 Å². The highest BCUT2D eigenvalue weighted by molar-refractivity contribution is 5.79. The van der Waals surface area contributed by atoms with Crippen LogP contribution in [0, 0.1) is 16.2 Å². The molecule has 1 aliphatic rings. The van der Waals surface area contributed by atoms with Crippen LogP contribution in [0.15, 0.2) is 0 Å². The summed E-state index contributed by atoms with van der Waals surface area (Å²) in [6.07, 6.45) is -0.0504. The highest BCUT2D eigenvalue weighted by Gasteiger charge is 2.51. The SMILES string of the molecule is CC(C)(C)CC(C)(C)C(=O)OOC(=O)C(C)(C)C1OO1. The van der Waals surface area contributed by atoms with Gasteiger partial charge in [-0.15, -0.1) is 0 Å². The molecule has 0 aromatic heterocycles. The molecular formula is C14H24O6. The van der Waals surface area contributed by atoms with Crippen LogP contribution < -0.4 is 0 Å². The molecule has 116 valence electrons. The van der Waals surface area contributed by atoms with E-state index < -0.39 is 29.1 Å². The lowest BCUT2D eigenvalue weighted by molar-refractivity contribution is -0.273. The Labute approximate surface area is 119 Å². The predicted molar refractivity (Wildman–Crippen MR) is 69.8 cm³/mol. The van der Waals surface area contributed by atoms with Crippen LogP contribution in [0.3, 0.4) is 0 Å². The zero-order valence-corrected chi connectivity index (χ0v) is 13.2. The van der Waals surface area contributed by atoms with Crippen LogP contribution in [0.5, 0.6) is 0 Å². The van der Waals surface area contributed by atoms with Gasteiger partial charge in [0.15, 0.2) is 0 Å². The van der Waals surface area contributed by atoms with Crippen molar-refractivity contribution in [3.63, 3.8) is 0 Å². The lowest BCUT2D eigenvalue weighted by Gasteiger charge is -2.29. The molecule has 1 fully saturated rings. The molecule has 0 bridgehead atoms. The van der Waals surface area contributed by atoms with Gasteiger partial charge in [0.1, 0.15) is 5.41 Å². The van der Waals surface area contributed by atoms with Crippen LogP contribution in [0.25, 0.3) is 0 Å². The van der Waals surface area contributed by atoms with E-state index in [1.54, 1.807) is 27.7 Å². The van der Waals surface area contributed by atoms with Crippen molar-refractivity contribution in [3.8, 4) is 0 Å². The molecular weight excluding hydrogens is 264 g/mol. The standard InChI is InChI=1S/C14H24O6/c1-12(2,3)8-13(4,5)9(15)17-18-10(16)14(6,7)11-19-20-11/h11H,8H2,1-7H3. The normalized spacial score (nSPS) is 16.8. The molecule has 1 saturated heterocycles. The highest BCUT2D eigenvalue weighted by Crippen LogP contribution is 2.36. The number of carbonyl (C=O) groups excluding carboxylic acids is 2. The molecule has 6 nitrogen and oxygen atoms in total. The molecule has 0 aromatic carbocycles. The van der Waals surface area contributed by atoms with E-state index in [2.05, 4.69) is 19.6 Å². The van der Waals surface area contributed by atoms with Crippen molar-refractivity contribution in [1.82, 2.24) is 0 Å². The van der Waals surface area contributed by atoms with Gasteiger partial charge in [0.2, 0.25) is 6.29 Å². The number of rotatable bonds is 4. The summed E-state index contributed by atoms with van der Waals surface area (Å²) in [6.45, 7) is 12.8. The van der Waals surface area contributed by atoms with Crippen molar-refractivity contribution in [2.45, 2.75) is 61.2 Å². The fraction of sp³-hybridized carbons (Fsp3) is 0.857. The lowest BCUT2D eigenvalue weighted by atomic mass is 9.76. The molecule has 1 aliphatic heterocycles. The van der Waals surface area contributed by atoms with Gasteiger partial charge >= 0.3 is 11.9 Å². The van der Waals surface area contributed by atoms with Crippen molar-refractivity contribution >= 4 is 11.9 Å². The summed E-state index contributed by atoms with van der Waals surface area (Å²) in [4.78, 5) is 42.3. The Morgan fingerprint density at radius 1 is 0.900 bits per heavy atom. The first-order valence-electron chi connectivity index (χ1n) is 6.62. The minimum absolute atomic E-state index is 0.0402. The van der Waals surface area contributed by atoms with Crippen molar-refractivity contribution in [1.29, 1.82) is 0 Å². The van der Waals surface area contributed by atoms with Crippen LogP contribution in [0.4, 0.5) is 0 Å². The van der Waals surface area contributed by atoms with Gasteiger partial charge in [-0.05, 0) is 39.5 Å². The van der Waals surface area contributed by atoms with E-state index in [9.17, 15) is 9.59 Å². The molecule has 1 heterocycles. The third-order valence-corrected chi connectivity index (χ3v) is 3.03. The van der Waals surface area contributed by atoms with Crippen LogP contribution in [-0.2, 0) is 29.1 Å². The molecule has 0 saturated carbocycles. The summed E-state index contributed by atoms with van der Waals surface area (Å²) in [6, 6.07) is 0. The predicted octanol–water partition coefficient (Wildman–Crippen LogP) is 2.76. The molecule has 0 spiro atoms. The zero-order valence-electron chi connectivity index (χ0n) is 13.2. The largest absolute Gasteiger partial charge is 0.366 e. The average molecular weight is 288 g/mol. The van der Waals surface area contributed by atoms with E-state index in [0.717, 1.165) is 0 Å². The quantitative estimate of drug-likeness (QED) is 0.449. The molecule has 20 heavy (non-hydrogen) atoms. The van der Waals surface area contributed by atoms with E-state index in [1.807, 2.05) is 20.8 Å².